The van der Waals surface area contributed by atoms with Gasteiger partial charge in [0.15, 0.2) is 0 Å². The fourth-order valence-corrected chi connectivity index (χ4v) is 2.20. The number of carboxylic acids is 1. The van der Waals surface area contributed by atoms with Gasteiger partial charge in [-0.2, -0.15) is 0 Å². The first-order chi connectivity index (χ1) is 9.45. The van der Waals surface area contributed by atoms with E-state index >= 15 is 0 Å². The van der Waals surface area contributed by atoms with Gasteiger partial charge in [0, 0.05) is 0 Å². The number of imidazole rings is 1. The third-order valence-electron chi connectivity index (χ3n) is 3.13. The molecule has 0 fully saturated rings. The molecule has 1 unspecified atom stereocenters. The van der Waals surface area contributed by atoms with Crippen LogP contribution < -0.4 is 0 Å². The lowest BCUT2D eigenvalue weighted by molar-refractivity contribution is -0.146. The van der Waals surface area contributed by atoms with E-state index in [0.717, 1.165) is 0 Å². The molecule has 6 heteroatoms. The largest absolute Gasteiger partial charge is 0.478 e. The molecule has 1 aromatic carbocycles. The lowest BCUT2D eigenvalue weighted by Crippen LogP contribution is -2.20. The molecular weight excluding hydrogens is 260 g/mol. The molecule has 1 atom stereocenters. The molecular formula is C14H16N2O4. The quantitative estimate of drug-likeness (QED) is 0.865. The number of fused-ring (bicyclic) bond motifs is 1. The Morgan fingerprint density at radius 3 is 2.75 bits per heavy atom. The van der Waals surface area contributed by atoms with Gasteiger partial charge in [0.25, 0.3) is 0 Å². The zero-order valence-electron chi connectivity index (χ0n) is 11.6. The van der Waals surface area contributed by atoms with Crippen LogP contribution in [0.4, 0.5) is 0 Å². The van der Waals surface area contributed by atoms with Crippen LogP contribution in [0.2, 0.25) is 0 Å². The Morgan fingerprint density at radius 1 is 1.45 bits per heavy atom. The van der Waals surface area contributed by atoms with Gasteiger partial charge in [-0.25, -0.2) is 14.6 Å². The van der Waals surface area contributed by atoms with Gasteiger partial charge in [0.2, 0.25) is 0 Å². The maximum Gasteiger partial charge on any atom is 0.335 e. The fraction of sp³-hybridized carbons (Fsp3) is 0.357. The average molecular weight is 276 g/mol. The van der Waals surface area contributed by atoms with Crippen molar-refractivity contribution < 1.29 is 19.4 Å². The highest BCUT2D eigenvalue weighted by Gasteiger charge is 2.21. The smallest absolute Gasteiger partial charge is 0.335 e. The molecule has 106 valence electrons. The second-order valence-corrected chi connectivity index (χ2v) is 4.47. The van der Waals surface area contributed by atoms with Gasteiger partial charge in [-0.1, -0.05) is 0 Å². The van der Waals surface area contributed by atoms with E-state index in [-0.39, 0.29) is 11.5 Å². The first-order valence-electron chi connectivity index (χ1n) is 6.34. The van der Waals surface area contributed by atoms with Crippen LogP contribution in [-0.2, 0) is 9.53 Å². The van der Waals surface area contributed by atoms with Crippen LogP contribution in [0.3, 0.4) is 0 Å². The van der Waals surface area contributed by atoms with Crippen LogP contribution in [0.25, 0.3) is 11.0 Å². The van der Waals surface area contributed by atoms with Gasteiger partial charge in [-0.05, 0) is 39.0 Å². The highest BCUT2D eigenvalue weighted by Crippen LogP contribution is 2.23. The molecule has 0 saturated carbocycles. The van der Waals surface area contributed by atoms with Crippen LogP contribution in [0.1, 0.15) is 36.1 Å². The molecule has 1 N–H and O–H groups in total. The molecule has 20 heavy (non-hydrogen) atoms. The van der Waals surface area contributed by atoms with Gasteiger partial charge in [-0.15, -0.1) is 0 Å². The Labute approximate surface area is 116 Å². The molecule has 1 heterocycles. The van der Waals surface area contributed by atoms with E-state index in [1.165, 1.54) is 12.1 Å². The number of ether oxygens (including phenoxy) is 1. The molecule has 0 spiro atoms. The number of nitrogens with zero attached hydrogens (tertiary/aromatic N) is 2. The molecule has 0 saturated heterocycles. The fourth-order valence-electron chi connectivity index (χ4n) is 2.20. The van der Waals surface area contributed by atoms with Crippen molar-refractivity contribution in [3.8, 4) is 0 Å². The SMILES string of the molecule is CCOC(=O)C(C)n1c(C)nc2ccc(C(=O)O)cc21. The summed E-state index contributed by atoms with van der Waals surface area (Å²) in [5, 5.41) is 9.05. The highest BCUT2D eigenvalue weighted by molar-refractivity contribution is 5.93. The number of esters is 1. The summed E-state index contributed by atoms with van der Waals surface area (Å²) >= 11 is 0. The molecule has 0 radical (unpaired) electrons. The van der Waals surface area contributed by atoms with Crippen molar-refractivity contribution in [2.75, 3.05) is 6.61 Å². The number of aryl methyl sites for hydroxylation is 1. The topological polar surface area (TPSA) is 81.4 Å². The van der Waals surface area contributed by atoms with Crippen LogP contribution in [0.15, 0.2) is 18.2 Å². The van der Waals surface area contributed by atoms with E-state index < -0.39 is 12.0 Å². The van der Waals surface area contributed by atoms with Crippen molar-refractivity contribution in [1.29, 1.82) is 0 Å². The minimum atomic E-state index is -1.01. The summed E-state index contributed by atoms with van der Waals surface area (Å²) in [7, 11) is 0. The van der Waals surface area contributed by atoms with Crippen LogP contribution in [-0.4, -0.2) is 33.2 Å². The second-order valence-electron chi connectivity index (χ2n) is 4.47. The van der Waals surface area contributed by atoms with E-state index in [0.29, 0.717) is 23.5 Å². The molecule has 0 aliphatic rings. The van der Waals surface area contributed by atoms with Gasteiger partial charge < -0.3 is 14.4 Å². The van der Waals surface area contributed by atoms with Gasteiger partial charge >= 0.3 is 11.9 Å². The van der Waals surface area contributed by atoms with Crippen molar-refractivity contribution in [1.82, 2.24) is 9.55 Å². The summed E-state index contributed by atoms with van der Waals surface area (Å²) in [5.74, 6) is -0.736. The Bertz CT molecular complexity index is 675. The van der Waals surface area contributed by atoms with Gasteiger partial charge in [0.05, 0.1) is 23.2 Å². The molecule has 0 aliphatic heterocycles. The van der Waals surface area contributed by atoms with Crippen molar-refractivity contribution >= 4 is 23.0 Å². The molecule has 6 nitrogen and oxygen atoms in total. The number of carboxylic acid groups (broad SMARTS) is 1. The number of rotatable bonds is 4. The average Bonchev–Trinajstić information content (AvgIpc) is 2.72. The predicted molar refractivity (Wildman–Crippen MR) is 72.8 cm³/mol. The Balaban J connectivity index is 2.56. The second kappa shape index (κ2) is 5.32. The van der Waals surface area contributed by atoms with Gasteiger partial charge in [-0.3, -0.25) is 0 Å². The van der Waals surface area contributed by atoms with E-state index in [9.17, 15) is 9.59 Å². The van der Waals surface area contributed by atoms with Gasteiger partial charge in [0.1, 0.15) is 11.9 Å². The highest BCUT2D eigenvalue weighted by atomic mass is 16.5. The Hall–Kier alpha value is -2.37. The van der Waals surface area contributed by atoms with Crippen molar-refractivity contribution in [2.45, 2.75) is 26.8 Å². The molecule has 0 aliphatic carbocycles. The maximum atomic E-state index is 11.9. The van der Waals surface area contributed by atoms with Crippen LogP contribution in [0.5, 0.6) is 0 Å². The lowest BCUT2D eigenvalue weighted by atomic mass is 10.2. The Kier molecular flexibility index (Phi) is 3.74. The predicted octanol–water partition coefficient (Wildman–Crippen LogP) is 2.17. The van der Waals surface area contributed by atoms with Crippen molar-refractivity contribution in [2.24, 2.45) is 0 Å². The number of aromatic nitrogens is 2. The summed E-state index contributed by atoms with van der Waals surface area (Å²) < 4.78 is 6.70. The molecule has 0 amide bonds. The number of hydrogen-bond donors (Lipinski definition) is 1. The standard InChI is InChI=1S/C14H16N2O4/c1-4-20-14(19)8(2)16-9(3)15-11-6-5-10(13(17)18)7-12(11)16/h5-8H,4H2,1-3H3,(H,17,18). The molecule has 2 rings (SSSR count). The van der Waals surface area contributed by atoms with E-state index in [1.54, 1.807) is 31.4 Å². The first kappa shape index (κ1) is 14.0. The van der Waals surface area contributed by atoms with E-state index in [4.69, 9.17) is 9.84 Å². The monoisotopic (exact) mass is 276 g/mol. The number of aromatic carboxylic acids is 1. The summed E-state index contributed by atoms with van der Waals surface area (Å²) in [5.41, 5.74) is 1.43. The van der Waals surface area contributed by atoms with E-state index in [1.807, 2.05) is 0 Å². The number of hydrogen-bond acceptors (Lipinski definition) is 4. The van der Waals surface area contributed by atoms with E-state index in [2.05, 4.69) is 4.98 Å². The number of carbonyl (C=O) groups is 2. The third kappa shape index (κ3) is 2.36. The minimum absolute atomic E-state index is 0.162. The normalized spacial score (nSPS) is 12.3. The minimum Gasteiger partial charge on any atom is -0.478 e. The number of carbonyl (C=O) groups excluding carboxylic acids is 1. The Morgan fingerprint density at radius 2 is 2.15 bits per heavy atom. The van der Waals surface area contributed by atoms with Crippen LogP contribution >= 0.6 is 0 Å². The van der Waals surface area contributed by atoms with Crippen LogP contribution in [0, 0.1) is 6.92 Å². The first-order valence-corrected chi connectivity index (χ1v) is 6.34. The summed E-state index contributed by atoms with van der Waals surface area (Å²) in [6, 6.07) is 4.10. The summed E-state index contributed by atoms with van der Waals surface area (Å²) in [6.45, 7) is 5.52. The lowest BCUT2D eigenvalue weighted by Gasteiger charge is -2.15. The number of benzene rings is 1. The summed E-state index contributed by atoms with van der Waals surface area (Å²) in [4.78, 5) is 27.3. The zero-order valence-corrected chi connectivity index (χ0v) is 11.6. The van der Waals surface area contributed by atoms with Crippen molar-refractivity contribution in [3.05, 3.63) is 29.6 Å². The molecule has 0 bridgehead atoms. The maximum absolute atomic E-state index is 11.9. The van der Waals surface area contributed by atoms with Crippen molar-refractivity contribution in [3.63, 3.8) is 0 Å². The molecule has 1 aromatic heterocycles. The molecule has 2 aromatic rings. The summed E-state index contributed by atoms with van der Waals surface area (Å²) in [6.07, 6.45) is 0. The third-order valence-corrected chi connectivity index (χ3v) is 3.13. The zero-order chi connectivity index (χ0) is 14.9.